The summed E-state index contributed by atoms with van der Waals surface area (Å²) in [5, 5.41) is -0.560. The fourth-order valence-corrected chi connectivity index (χ4v) is 6.00. The summed E-state index contributed by atoms with van der Waals surface area (Å²) in [6, 6.07) is 4.63. The fourth-order valence-electron chi connectivity index (χ4n) is 4.38. The molecule has 1 saturated carbocycles. The van der Waals surface area contributed by atoms with E-state index in [4.69, 9.17) is 49.0 Å². The number of alkyl halides is 3. The van der Waals surface area contributed by atoms with Crippen LogP contribution in [0.3, 0.4) is 0 Å². The van der Waals surface area contributed by atoms with Gasteiger partial charge in [0.15, 0.2) is 11.5 Å². The minimum absolute atomic E-state index is 0.111. The van der Waals surface area contributed by atoms with Crippen LogP contribution in [0.15, 0.2) is 18.2 Å². The van der Waals surface area contributed by atoms with Crippen LogP contribution in [0.25, 0.3) is 0 Å². The summed E-state index contributed by atoms with van der Waals surface area (Å²) in [5.74, 6) is 0.397. The lowest BCUT2D eigenvalue weighted by atomic mass is 9.65. The summed E-state index contributed by atoms with van der Waals surface area (Å²) in [7, 11) is 1.21. The quantitative estimate of drug-likeness (QED) is 0.650. The van der Waals surface area contributed by atoms with E-state index in [1.807, 2.05) is 0 Å². The van der Waals surface area contributed by atoms with Gasteiger partial charge in [-0.2, -0.15) is 0 Å². The van der Waals surface area contributed by atoms with E-state index in [-0.39, 0.29) is 6.79 Å². The lowest BCUT2D eigenvalue weighted by Crippen LogP contribution is -2.57. The summed E-state index contributed by atoms with van der Waals surface area (Å²) in [4.78, 5) is 26.3. The van der Waals surface area contributed by atoms with Gasteiger partial charge in [-0.25, -0.2) is 9.69 Å². The number of benzene rings is 1. The van der Waals surface area contributed by atoms with Crippen LogP contribution in [0, 0.1) is 0 Å². The number of carbonyl (C=O) groups excluding carboxylic acids is 2. The number of carbonyl (C=O) groups is 2. The minimum Gasteiger partial charge on any atom is -0.454 e. The van der Waals surface area contributed by atoms with Crippen molar-refractivity contribution in [1.82, 2.24) is 4.90 Å². The number of halogens is 3. The Bertz CT molecular complexity index is 786. The molecule has 0 unspecified atom stereocenters. The average molecular weight is 421 g/mol. The number of hydrogen-bond acceptors (Lipinski definition) is 5. The lowest BCUT2D eigenvalue weighted by molar-refractivity contribution is -0.127. The molecule has 2 amide bonds. The Morgan fingerprint density at radius 2 is 2.00 bits per heavy atom. The third kappa shape index (κ3) is 2.12. The molecule has 3 atom stereocenters. The van der Waals surface area contributed by atoms with E-state index in [1.165, 1.54) is 7.11 Å². The molecule has 26 heavy (non-hydrogen) atoms. The van der Waals surface area contributed by atoms with Crippen molar-refractivity contribution in [3.05, 3.63) is 23.8 Å². The van der Waals surface area contributed by atoms with Gasteiger partial charge in [0.2, 0.25) is 11.1 Å². The Morgan fingerprint density at radius 3 is 2.73 bits per heavy atom. The van der Waals surface area contributed by atoms with Gasteiger partial charge in [-0.3, -0.25) is 4.79 Å². The van der Waals surface area contributed by atoms with Crippen molar-refractivity contribution in [3.63, 3.8) is 0 Å². The maximum absolute atomic E-state index is 13.0. The highest BCUT2D eigenvalue weighted by Crippen LogP contribution is 2.61. The molecule has 0 aromatic heterocycles. The van der Waals surface area contributed by atoms with E-state index in [9.17, 15) is 9.59 Å². The van der Waals surface area contributed by atoms with Crippen LogP contribution in [-0.2, 0) is 14.9 Å². The van der Waals surface area contributed by atoms with Gasteiger partial charge in [-0.1, -0.05) is 29.3 Å². The van der Waals surface area contributed by atoms with Crippen LogP contribution >= 0.6 is 34.8 Å². The molecule has 0 N–H and O–H groups in total. The van der Waals surface area contributed by atoms with Crippen LogP contribution in [0.4, 0.5) is 4.79 Å². The smallest absolute Gasteiger partial charge is 0.416 e. The molecule has 2 fully saturated rings. The predicted octanol–water partition coefficient (Wildman–Crippen LogP) is 3.60. The van der Waals surface area contributed by atoms with Gasteiger partial charge in [0.05, 0.1) is 18.6 Å². The highest BCUT2D eigenvalue weighted by atomic mass is 35.5. The summed E-state index contributed by atoms with van der Waals surface area (Å²) in [6.45, 7) is 0.111. The zero-order valence-corrected chi connectivity index (χ0v) is 16.1. The average Bonchev–Trinajstić information content (AvgIpc) is 3.15. The van der Waals surface area contributed by atoms with Gasteiger partial charge in [-0.05, 0) is 37.0 Å². The van der Waals surface area contributed by atoms with Crippen molar-refractivity contribution >= 4 is 46.8 Å². The van der Waals surface area contributed by atoms with E-state index < -0.39 is 33.2 Å². The summed E-state index contributed by atoms with van der Waals surface area (Å²) < 4.78 is 13.7. The molecule has 1 saturated heterocycles. The predicted molar refractivity (Wildman–Crippen MR) is 95.2 cm³/mol. The Labute approximate surface area is 165 Å². The van der Waals surface area contributed by atoms with Crippen molar-refractivity contribution in [2.75, 3.05) is 13.9 Å². The van der Waals surface area contributed by atoms with Crippen LogP contribution in [0.5, 0.6) is 11.5 Å². The Balaban J connectivity index is 1.94. The first-order valence-corrected chi connectivity index (χ1v) is 9.38. The van der Waals surface area contributed by atoms with Crippen molar-refractivity contribution in [3.8, 4) is 11.5 Å². The van der Waals surface area contributed by atoms with Crippen molar-refractivity contribution in [2.45, 2.75) is 40.4 Å². The third-order valence-electron chi connectivity index (χ3n) is 5.49. The van der Waals surface area contributed by atoms with E-state index >= 15 is 0 Å². The molecular formula is C17H16Cl3NO5. The van der Waals surface area contributed by atoms with E-state index in [0.717, 1.165) is 11.3 Å². The SMILES string of the molecule is COC(=O)N1C(=O)C(Cl)(Cl)[C@@]2(c3ccc4c(c3)OCO4)[C@@H](Cl)CCC[C@@H]12. The largest absolute Gasteiger partial charge is 0.454 e. The molecule has 0 spiro atoms. The number of rotatable bonds is 1. The van der Waals surface area contributed by atoms with Crippen LogP contribution in [0.2, 0.25) is 0 Å². The zero-order chi connectivity index (χ0) is 18.7. The number of likely N-dealkylation sites (tertiary alicyclic amines) is 1. The van der Waals surface area contributed by atoms with Gasteiger partial charge in [-0.15, -0.1) is 11.6 Å². The van der Waals surface area contributed by atoms with Crippen molar-refractivity contribution < 1.29 is 23.8 Å². The van der Waals surface area contributed by atoms with Crippen LogP contribution in [-0.4, -0.2) is 46.6 Å². The molecule has 6 nitrogen and oxygen atoms in total. The highest BCUT2D eigenvalue weighted by molar-refractivity contribution is 6.60. The third-order valence-corrected chi connectivity index (χ3v) is 7.01. The topological polar surface area (TPSA) is 65.1 Å². The molecule has 1 aromatic rings. The van der Waals surface area contributed by atoms with Gasteiger partial charge in [0.25, 0.3) is 5.91 Å². The Hall–Kier alpha value is -1.37. The van der Waals surface area contributed by atoms with Gasteiger partial charge in [0, 0.05) is 5.38 Å². The van der Waals surface area contributed by atoms with Gasteiger partial charge in [0.1, 0.15) is 0 Å². The lowest BCUT2D eigenvalue weighted by Gasteiger charge is -2.47. The second-order valence-corrected chi connectivity index (χ2v) is 8.43. The second-order valence-electron chi connectivity index (χ2n) is 6.57. The molecule has 4 rings (SSSR count). The number of nitrogens with zero attached hydrogens (tertiary/aromatic N) is 1. The number of hydrogen-bond donors (Lipinski definition) is 0. The molecule has 2 heterocycles. The number of fused-ring (bicyclic) bond motifs is 2. The van der Waals surface area contributed by atoms with Gasteiger partial charge < -0.3 is 14.2 Å². The van der Waals surface area contributed by atoms with Gasteiger partial charge >= 0.3 is 6.09 Å². The first kappa shape index (κ1) is 18.0. The maximum Gasteiger partial charge on any atom is 0.416 e. The summed E-state index contributed by atoms with van der Waals surface area (Å²) >= 11 is 20.0. The summed E-state index contributed by atoms with van der Waals surface area (Å²) in [5.41, 5.74) is -0.557. The van der Waals surface area contributed by atoms with Crippen LogP contribution in [0.1, 0.15) is 24.8 Å². The van der Waals surface area contributed by atoms with Crippen molar-refractivity contribution in [1.29, 1.82) is 0 Å². The molecular weight excluding hydrogens is 405 g/mol. The molecule has 0 bridgehead atoms. The molecule has 1 aliphatic carbocycles. The zero-order valence-electron chi connectivity index (χ0n) is 13.8. The molecule has 1 aromatic carbocycles. The number of methoxy groups -OCH3 is 1. The molecule has 0 radical (unpaired) electrons. The number of ether oxygens (including phenoxy) is 3. The molecule has 3 aliphatic rings. The second kappa shape index (κ2) is 6.08. The molecule has 2 aliphatic heterocycles. The maximum atomic E-state index is 13.0. The van der Waals surface area contributed by atoms with E-state index in [1.54, 1.807) is 18.2 Å². The summed E-state index contributed by atoms with van der Waals surface area (Å²) in [6.07, 6.45) is 1.07. The number of imide groups is 1. The minimum atomic E-state index is -1.92. The first-order chi connectivity index (χ1) is 12.4. The van der Waals surface area contributed by atoms with E-state index in [0.29, 0.717) is 29.9 Å². The van der Waals surface area contributed by atoms with E-state index in [2.05, 4.69) is 0 Å². The Morgan fingerprint density at radius 1 is 1.27 bits per heavy atom. The highest BCUT2D eigenvalue weighted by Gasteiger charge is 2.73. The normalized spacial score (nSPS) is 31.7. The molecule has 140 valence electrons. The van der Waals surface area contributed by atoms with Crippen molar-refractivity contribution in [2.24, 2.45) is 0 Å². The van der Waals surface area contributed by atoms with Crippen LogP contribution < -0.4 is 9.47 Å². The monoisotopic (exact) mass is 419 g/mol. The fraction of sp³-hybridized carbons (Fsp3) is 0.529. The molecule has 9 heteroatoms. The standard InChI is InChI=1S/C17H16Cl3NO5/c1-24-15(23)21-13-4-2-3-12(18)16(13,17(19,20)14(21)22)9-5-6-10-11(7-9)26-8-25-10/h5-7,12-13H,2-4,8H2,1H3/t12-,13+,16-/m0/s1. The number of amides is 2. The first-order valence-electron chi connectivity index (χ1n) is 8.19. The Kier molecular flexibility index (Phi) is 4.21.